The van der Waals surface area contributed by atoms with Gasteiger partial charge < -0.3 is 50.3 Å². The van der Waals surface area contributed by atoms with Crippen LogP contribution in [0.2, 0.25) is 0 Å². The highest BCUT2D eigenvalue weighted by atomic mass is 16.7. The van der Waals surface area contributed by atoms with Crippen LogP contribution in [0.5, 0.6) is 0 Å². The summed E-state index contributed by atoms with van der Waals surface area (Å²) in [6.07, 6.45) is -2.67. The maximum absolute atomic E-state index is 12.5. The molecule has 4 saturated carbocycles. The summed E-state index contributed by atoms with van der Waals surface area (Å²) >= 11 is 0. The van der Waals surface area contributed by atoms with Gasteiger partial charge in [0, 0.05) is 12.3 Å². The Morgan fingerprint density at radius 3 is 2.16 bits per heavy atom. The van der Waals surface area contributed by atoms with Crippen molar-refractivity contribution in [2.75, 3.05) is 6.61 Å². The first-order valence-electron chi connectivity index (χ1n) is 16.8. The lowest BCUT2D eigenvalue weighted by Crippen LogP contribution is -2.68. The van der Waals surface area contributed by atoms with Crippen LogP contribution in [0, 0.1) is 46.3 Å². The zero-order valence-corrected chi connectivity index (χ0v) is 26.6. The van der Waals surface area contributed by atoms with E-state index in [4.69, 9.17) is 9.47 Å². The van der Waals surface area contributed by atoms with E-state index in [0.29, 0.717) is 25.7 Å². The summed E-state index contributed by atoms with van der Waals surface area (Å²) in [5.74, 6) is 0.0201. The van der Waals surface area contributed by atoms with Gasteiger partial charge in [0.2, 0.25) is 0 Å². The van der Waals surface area contributed by atoms with Gasteiger partial charge in [0.1, 0.15) is 24.4 Å². The average molecular weight is 615 g/mol. The van der Waals surface area contributed by atoms with Crippen molar-refractivity contribution >= 4 is 0 Å². The van der Waals surface area contributed by atoms with Crippen LogP contribution in [-0.2, 0) is 9.47 Å². The fraction of sp³-hybridized carbons (Fsp3) is 1.00. The van der Waals surface area contributed by atoms with Gasteiger partial charge in [0.25, 0.3) is 0 Å². The third kappa shape index (κ3) is 5.63. The molecule has 0 amide bonds. The third-order valence-corrected chi connectivity index (χ3v) is 13.2. The Kier molecular flexibility index (Phi) is 9.73. The molecule has 0 spiro atoms. The molecule has 5 fully saturated rings. The van der Waals surface area contributed by atoms with E-state index in [2.05, 4.69) is 20.8 Å². The zero-order valence-electron chi connectivity index (χ0n) is 26.6. The Morgan fingerprint density at radius 2 is 1.51 bits per heavy atom. The average Bonchev–Trinajstić information content (AvgIpc) is 3.22. The molecule has 0 radical (unpaired) electrons. The highest BCUT2D eigenvalue weighted by Crippen LogP contribution is 2.69. The van der Waals surface area contributed by atoms with Gasteiger partial charge in [0.05, 0.1) is 36.6 Å². The van der Waals surface area contributed by atoms with Gasteiger partial charge >= 0.3 is 0 Å². The summed E-state index contributed by atoms with van der Waals surface area (Å²) < 4.78 is 11.8. The van der Waals surface area contributed by atoms with E-state index in [9.17, 15) is 40.9 Å². The van der Waals surface area contributed by atoms with Gasteiger partial charge in [-0.15, -0.1) is 0 Å². The molecule has 10 nitrogen and oxygen atoms in total. The van der Waals surface area contributed by atoms with E-state index < -0.39 is 61.2 Å². The van der Waals surface area contributed by atoms with Crippen LogP contribution in [0.25, 0.3) is 0 Å². The van der Waals surface area contributed by atoms with Gasteiger partial charge in [-0.25, -0.2) is 0 Å². The van der Waals surface area contributed by atoms with Crippen molar-refractivity contribution in [2.24, 2.45) is 46.3 Å². The van der Waals surface area contributed by atoms with E-state index in [1.165, 1.54) is 0 Å². The van der Waals surface area contributed by atoms with Crippen molar-refractivity contribution in [3.8, 4) is 0 Å². The highest BCUT2D eigenvalue weighted by Gasteiger charge is 2.70. The van der Waals surface area contributed by atoms with Gasteiger partial charge in [-0.2, -0.15) is 0 Å². The summed E-state index contributed by atoms with van der Waals surface area (Å²) in [5, 5.41) is 86.2. The Morgan fingerprint density at radius 1 is 0.837 bits per heavy atom. The maximum atomic E-state index is 12.5. The smallest absolute Gasteiger partial charge is 0.186 e. The Balaban J connectivity index is 1.29. The number of ether oxygens (including phenoxy) is 2. The molecule has 250 valence electrons. The molecule has 1 saturated heterocycles. The SMILES string of the molecule is CC(C)[C@H](CC[C@@H](C)[C@H]1C[C@@H](O)[C@@H]2[C@]1(C)CC[C@@H]1[C@@]3(C)CC[C@H](O)C[C@@H]3[C@@H](O)C[C@]12O)O[C@@H]1O[C@H](CO)[C@@H](O)[C@H](O)[C@H]1O. The summed E-state index contributed by atoms with van der Waals surface area (Å²) in [4.78, 5) is 0. The zero-order chi connectivity index (χ0) is 31.6. The Labute approximate surface area is 256 Å². The molecular formula is C33H58O10. The van der Waals surface area contributed by atoms with E-state index in [1.54, 1.807) is 0 Å². The topological polar surface area (TPSA) is 180 Å². The van der Waals surface area contributed by atoms with Crippen molar-refractivity contribution in [3.05, 3.63) is 0 Å². The van der Waals surface area contributed by atoms with E-state index >= 15 is 0 Å². The minimum atomic E-state index is -1.49. The monoisotopic (exact) mass is 614 g/mol. The molecule has 4 aliphatic carbocycles. The van der Waals surface area contributed by atoms with Crippen molar-refractivity contribution < 1.29 is 50.3 Å². The molecule has 0 unspecified atom stereocenters. The molecule has 5 aliphatic rings. The van der Waals surface area contributed by atoms with Crippen LogP contribution < -0.4 is 0 Å². The second-order valence-corrected chi connectivity index (χ2v) is 16.0. The quantitative estimate of drug-likeness (QED) is 0.199. The molecule has 8 N–H and O–H groups in total. The Bertz CT molecular complexity index is 964. The fourth-order valence-electron chi connectivity index (χ4n) is 10.9. The lowest BCUT2D eigenvalue weighted by Gasteiger charge is -2.66. The van der Waals surface area contributed by atoms with Gasteiger partial charge in [-0.05, 0) is 91.8 Å². The van der Waals surface area contributed by atoms with E-state index in [1.807, 2.05) is 13.8 Å². The molecule has 17 atom stereocenters. The molecule has 0 aromatic heterocycles. The fourth-order valence-corrected chi connectivity index (χ4v) is 10.9. The molecule has 5 rings (SSSR count). The largest absolute Gasteiger partial charge is 0.394 e. The number of hydrogen-bond acceptors (Lipinski definition) is 10. The summed E-state index contributed by atoms with van der Waals surface area (Å²) in [6, 6.07) is 0. The van der Waals surface area contributed by atoms with Crippen molar-refractivity contribution in [3.63, 3.8) is 0 Å². The van der Waals surface area contributed by atoms with Crippen molar-refractivity contribution in [2.45, 2.75) is 153 Å². The number of aliphatic hydroxyl groups is 8. The van der Waals surface area contributed by atoms with Gasteiger partial charge in [-0.3, -0.25) is 0 Å². The van der Waals surface area contributed by atoms with Gasteiger partial charge in [-0.1, -0.05) is 34.6 Å². The standard InChI is InChI=1S/C33H58O10/c1-16(2)23(42-30-28(40)27(39)26(38)24(15-34)43-30)7-6-17(3)19-13-21(36)29-32(19,5)11-9-25-31(4)10-8-18(35)12-20(31)22(37)14-33(25,29)41/h16-30,34-41H,6-15H2,1-5H3/t17-,18+,19-,20-,21-,22+,23+,24-,25-,26-,27+,28-,29-,30-,31+,32-,33+/m1/s1. The molecule has 0 bridgehead atoms. The number of aliphatic hydroxyl groups excluding tert-OH is 7. The van der Waals surface area contributed by atoms with Crippen LogP contribution in [0.4, 0.5) is 0 Å². The first-order valence-corrected chi connectivity index (χ1v) is 16.8. The van der Waals surface area contributed by atoms with Crippen LogP contribution in [0.15, 0.2) is 0 Å². The van der Waals surface area contributed by atoms with Crippen molar-refractivity contribution in [1.29, 1.82) is 0 Å². The summed E-state index contributed by atoms with van der Waals surface area (Å²) in [7, 11) is 0. The highest BCUT2D eigenvalue weighted by molar-refractivity contribution is 5.20. The number of rotatable bonds is 8. The maximum Gasteiger partial charge on any atom is 0.186 e. The first-order chi connectivity index (χ1) is 20.1. The molecule has 1 heterocycles. The molecule has 10 heteroatoms. The van der Waals surface area contributed by atoms with E-state index in [0.717, 1.165) is 25.7 Å². The molecular weight excluding hydrogens is 556 g/mol. The molecule has 43 heavy (non-hydrogen) atoms. The van der Waals surface area contributed by atoms with Gasteiger partial charge in [0.15, 0.2) is 6.29 Å². The predicted octanol–water partition coefficient (Wildman–Crippen LogP) is 1.32. The van der Waals surface area contributed by atoms with E-state index in [-0.39, 0.29) is 58.9 Å². The summed E-state index contributed by atoms with van der Waals surface area (Å²) in [6.45, 7) is 10.1. The van der Waals surface area contributed by atoms with Crippen LogP contribution >= 0.6 is 0 Å². The lowest BCUT2D eigenvalue weighted by molar-refractivity contribution is -0.314. The Hall–Kier alpha value is -0.400. The van der Waals surface area contributed by atoms with Crippen LogP contribution in [0.1, 0.15) is 92.4 Å². The second-order valence-electron chi connectivity index (χ2n) is 16.0. The minimum Gasteiger partial charge on any atom is -0.394 e. The molecule has 1 aliphatic heterocycles. The second kappa shape index (κ2) is 12.3. The molecule has 0 aromatic carbocycles. The van der Waals surface area contributed by atoms with Crippen LogP contribution in [0.3, 0.4) is 0 Å². The third-order valence-electron chi connectivity index (χ3n) is 13.2. The van der Waals surface area contributed by atoms with Crippen molar-refractivity contribution in [1.82, 2.24) is 0 Å². The lowest BCUT2D eigenvalue weighted by atomic mass is 9.42. The first kappa shape index (κ1) is 33.9. The summed E-state index contributed by atoms with van der Waals surface area (Å²) in [5.41, 5.74) is -1.74. The molecule has 0 aromatic rings. The predicted molar refractivity (Wildman–Crippen MR) is 157 cm³/mol. The number of fused-ring (bicyclic) bond motifs is 5. The van der Waals surface area contributed by atoms with Crippen LogP contribution in [-0.4, -0.2) is 108 Å². The number of hydrogen-bond donors (Lipinski definition) is 8. The minimum absolute atomic E-state index is 0.0278. The normalized spacial score (nSPS) is 53.2.